The van der Waals surface area contributed by atoms with Crippen LogP contribution in [0.25, 0.3) is 11.0 Å². The number of methoxy groups -OCH3 is 1. The van der Waals surface area contributed by atoms with Crippen molar-refractivity contribution < 1.29 is 19.0 Å². The van der Waals surface area contributed by atoms with E-state index in [2.05, 4.69) is 6.92 Å². The average Bonchev–Trinajstić information content (AvgIpc) is 2.60. The van der Waals surface area contributed by atoms with E-state index in [-0.39, 0.29) is 17.1 Å². The zero-order valence-corrected chi connectivity index (χ0v) is 15.2. The van der Waals surface area contributed by atoms with Crippen molar-refractivity contribution in [3.8, 4) is 17.2 Å². The van der Waals surface area contributed by atoms with Gasteiger partial charge in [0, 0.05) is 6.07 Å². The maximum absolute atomic E-state index is 11.7. The minimum atomic E-state index is -0.701. The van der Waals surface area contributed by atoms with Gasteiger partial charge in [0.2, 0.25) is 5.75 Å². The van der Waals surface area contributed by atoms with E-state index in [1.54, 1.807) is 18.2 Å². The van der Waals surface area contributed by atoms with E-state index in [4.69, 9.17) is 13.9 Å². The van der Waals surface area contributed by atoms with Crippen molar-refractivity contribution in [2.24, 2.45) is 0 Å². The third-order valence-corrected chi connectivity index (χ3v) is 4.28. The van der Waals surface area contributed by atoms with Crippen LogP contribution in [0.5, 0.6) is 17.2 Å². The third kappa shape index (κ3) is 5.41. The fourth-order valence-corrected chi connectivity index (χ4v) is 2.84. The molecule has 0 fully saturated rings. The SMILES string of the molecule is CCCCCCCCCCOc1ccc2c(O)c(OC)c(=O)oc2c1. The largest absolute Gasteiger partial charge is 0.504 e. The van der Waals surface area contributed by atoms with E-state index in [0.29, 0.717) is 17.7 Å². The molecule has 0 atom stereocenters. The summed E-state index contributed by atoms with van der Waals surface area (Å²) in [6.07, 6.45) is 9.98. The molecule has 0 aliphatic heterocycles. The standard InChI is InChI=1S/C20H28O5/c1-3-4-5-6-7-8-9-10-13-24-15-11-12-16-17(14-15)25-20(22)19(23-2)18(16)21/h11-12,14,21H,3-10,13H2,1-2H3. The van der Waals surface area contributed by atoms with Gasteiger partial charge in [0.15, 0.2) is 5.75 Å². The van der Waals surface area contributed by atoms with E-state index in [0.717, 1.165) is 12.8 Å². The van der Waals surface area contributed by atoms with Crippen LogP contribution in [-0.2, 0) is 0 Å². The second-order valence-corrected chi connectivity index (χ2v) is 6.25. The predicted molar refractivity (Wildman–Crippen MR) is 98.8 cm³/mol. The molecule has 1 heterocycles. The summed E-state index contributed by atoms with van der Waals surface area (Å²) in [4.78, 5) is 11.7. The van der Waals surface area contributed by atoms with Crippen LogP contribution in [0.4, 0.5) is 0 Å². The topological polar surface area (TPSA) is 68.9 Å². The first-order chi connectivity index (χ1) is 12.2. The molecule has 0 unspecified atom stereocenters. The molecule has 138 valence electrons. The van der Waals surface area contributed by atoms with Gasteiger partial charge < -0.3 is 19.0 Å². The molecule has 5 nitrogen and oxygen atoms in total. The van der Waals surface area contributed by atoms with Crippen molar-refractivity contribution in [3.05, 3.63) is 28.6 Å². The molecular weight excluding hydrogens is 320 g/mol. The van der Waals surface area contributed by atoms with Crippen LogP contribution < -0.4 is 15.1 Å². The van der Waals surface area contributed by atoms with Gasteiger partial charge >= 0.3 is 5.63 Å². The van der Waals surface area contributed by atoms with E-state index >= 15 is 0 Å². The molecule has 0 radical (unpaired) electrons. The summed E-state index contributed by atoms with van der Waals surface area (Å²) in [5.74, 6) is 0.242. The molecule has 1 aromatic heterocycles. The minimum Gasteiger partial charge on any atom is -0.504 e. The summed E-state index contributed by atoms with van der Waals surface area (Å²) in [5, 5.41) is 10.5. The lowest BCUT2D eigenvalue weighted by atomic mass is 10.1. The Morgan fingerprint density at radius 3 is 2.40 bits per heavy atom. The van der Waals surface area contributed by atoms with Crippen LogP contribution in [0.3, 0.4) is 0 Å². The number of hydrogen-bond acceptors (Lipinski definition) is 5. The van der Waals surface area contributed by atoms with Crippen LogP contribution in [0.1, 0.15) is 58.3 Å². The van der Waals surface area contributed by atoms with Gasteiger partial charge in [-0.3, -0.25) is 0 Å². The van der Waals surface area contributed by atoms with Crippen molar-refractivity contribution in [2.75, 3.05) is 13.7 Å². The molecule has 0 bridgehead atoms. The van der Waals surface area contributed by atoms with E-state index in [1.807, 2.05) is 0 Å². The fourth-order valence-electron chi connectivity index (χ4n) is 2.84. The summed E-state index contributed by atoms with van der Waals surface area (Å²) >= 11 is 0. The molecule has 0 aliphatic carbocycles. The first-order valence-electron chi connectivity index (χ1n) is 9.14. The number of unbranched alkanes of at least 4 members (excludes halogenated alkanes) is 7. The molecule has 0 saturated carbocycles. The van der Waals surface area contributed by atoms with Gasteiger partial charge in [-0.25, -0.2) is 4.79 Å². The first kappa shape index (κ1) is 19.2. The van der Waals surface area contributed by atoms with Crippen molar-refractivity contribution in [2.45, 2.75) is 58.3 Å². The molecule has 1 aromatic carbocycles. The maximum atomic E-state index is 11.7. The lowest BCUT2D eigenvalue weighted by molar-refractivity contribution is 0.304. The van der Waals surface area contributed by atoms with Gasteiger partial charge in [-0.05, 0) is 18.6 Å². The van der Waals surface area contributed by atoms with Crippen LogP contribution >= 0.6 is 0 Å². The Kier molecular flexibility index (Phi) is 7.64. The van der Waals surface area contributed by atoms with Crippen LogP contribution in [0.2, 0.25) is 0 Å². The van der Waals surface area contributed by atoms with E-state index in [9.17, 15) is 9.90 Å². The number of rotatable bonds is 11. The lowest BCUT2D eigenvalue weighted by Gasteiger charge is -2.08. The van der Waals surface area contributed by atoms with Crippen LogP contribution in [0, 0.1) is 0 Å². The van der Waals surface area contributed by atoms with Gasteiger partial charge in [-0.1, -0.05) is 51.9 Å². The highest BCUT2D eigenvalue weighted by Gasteiger charge is 2.14. The fraction of sp³-hybridized carbons (Fsp3) is 0.550. The van der Waals surface area contributed by atoms with Gasteiger partial charge in [0.1, 0.15) is 11.3 Å². The second kappa shape index (κ2) is 9.97. The molecule has 0 aliphatic rings. The third-order valence-electron chi connectivity index (χ3n) is 4.28. The number of aromatic hydroxyl groups is 1. The Labute approximate surface area is 148 Å². The van der Waals surface area contributed by atoms with Gasteiger partial charge in [-0.15, -0.1) is 0 Å². The minimum absolute atomic E-state index is 0.180. The molecule has 0 spiro atoms. The lowest BCUT2D eigenvalue weighted by Crippen LogP contribution is -2.04. The highest BCUT2D eigenvalue weighted by atomic mass is 16.5. The molecule has 5 heteroatoms. The summed E-state index contributed by atoms with van der Waals surface area (Å²) in [6, 6.07) is 5.05. The molecule has 2 rings (SSSR count). The summed E-state index contributed by atoms with van der Waals surface area (Å²) in [6.45, 7) is 2.86. The summed E-state index contributed by atoms with van der Waals surface area (Å²) in [7, 11) is 1.32. The normalized spacial score (nSPS) is 11.0. The second-order valence-electron chi connectivity index (χ2n) is 6.25. The number of hydrogen-bond donors (Lipinski definition) is 1. The van der Waals surface area contributed by atoms with Gasteiger partial charge in [-0.2, -0.15) is 0 Å². The monoisotopic (exact) mass is 348 g/mol. The predicted octanol–water partition coefficient (Wildman–Crippen LogP) is 5.03. The van der Waals surface area contributed by atoms with Crippen molar-refractivity contribution >= 4 is 11.0 Å². The summed E-state index contributed by atoms with van der Waals surface area (Å²) < 4.78 is 15.8. The Morgan fingerprint density at radius 2 is 1.72 bits per heavy atom. The highest BCUT2D eigenvalue weighted by molar-refractivity contribution is 5.86. The quantitative estimate of drug-likeness (QED) is 0.456. The van der Waals surface area contributed by atoms with Crippen LogP contribution in [-0.4, -0.2) is 18.8 Å². The van der Waals surface area contributed by atoms with Crippen molar-refractivity contribution in [1.29, 1.82) is 0 Å². The number of benzene rings is 1. The number of fused-ring (bicyclic) bond motifs is 1. The van der Waals surface area contributed by atoms with Gasteiger partial charge in [0.25, 0.3) is 0 Å². The molecule has 0 amide bonds. The molecule has 1 N–H and O–H groups in total. The van der Waals surface area contributed by atoms with Crippen LogP contribution in [0.15, 0.2) is 27.4 Å². The van der Waals surface area contributed by atoms with Gasteiger partial charge in [0.05, 0.1) is 19.1 Å². The Bertz CT molecular complexity index is 720. The van der Waals surface area contributed by atoms with Crippen molar-refractivity contribution in [3.63, 3.8) is 0 Å². The zero-order valence-electron chi connectivity index (χ0n) is 15.2. The first-order valence-corrected chi connectivity index (χ1v) is 9.14. The van der Waals surface area contributed by atoms with E-state index < -0.39 is 5.63 Å². The Balaban J connectivity index is 1.81. The maximum Gasteiger partial charge on any atom is 0.383 e. The molecule has 0 saturated heterocycles. The number of ether oxygens (including phenoxy) is 2. The Morgan fingerprint density at radius 1 is 1.04 bits per heavy atom. The van der Waals surface area contributed by atoms with Crippen molar-refractivity contribution in [1.82, 2.24) is 0 Å². The average molecular weight is 348 g/mol. The highest BCUT2D eigenvalue weighted by Crippen LogP contribution is 2.32. The molecular formula is C20H28O5. The zero-order chi connectivity index (χ0) is 18.1. The molecule has 2 aromatic rings. The smallest absolute Gasteiger partial charge is 0.383 e. The molecule has 25 heavy (non-hydrogen) atoms. The Hall–Kier alpha value is -2.17. The van der Waals surface area contributed by atoms with E-state index in [1.165, 1.54) is 45.6 Å². The summed E-state index contributed by atoms with van der Waals surface area (Å²) in [5.41, 5.74) is -0.413.